The number of amides is 1. The summed E-state index contributed by atoms with van der Waals surface area (Å²) in [6.45, 7) is 0.460. The molecule has 0 unspecified atom stereocenters. The maximum atomic E-state index is 13.6. The second kappa shape index (κ2) is 8.65. The number of benzene rings is 1. The lowest BCUT2D eigenvalue weighted by molar-refractivity contribution is 0.0946. The van der Waals surface area contributed by atoms with Crippen molar-refractivity contribution in [3.05, 3.63) is 72.2 Å². The van der Waals surface area contributed by atoms with Crippen LogP contribution in [0.5, 0.6) is 0 Å². The van der Waals surface area contributed by atoms with Gasteiger partial charge in [-0.15, -0.1) is 0 Å². The summed E-state index contributed by atoms with van der Waals surface area (Å²) in [6.07, 6.45) is 3.03. The highest BCUT2D eigenvalue weighted by molar-refractivity contribution is 5.94. The van der Waals surface area contributed by atoms with E-state index in [1.165, 1.54) is 12.4 Å². The van der Waals surface area contributed by atoms with Gasteiger partial charge in [0.2, 0.25) is 0 Å². The number of nitrogens with one attached hydrogen (secondary N) is 3. The molecule has 0 bridgehead atoms. The van der Waals surface area contributed by atoms with E-state index < -0.39 is 23.1 Å². The van der Waals surface area contributed by atoms with Crippen LogP contribution in [0.15, 0.2) is 55.0 Å². The van der Waals surface area contributed by atoms with Crippen LogP contribution in [0.3, 0.4) is 0 Å². The number of hydrogen-bond donors (Lipinski definition) is 3. The van der Waals surface area contributed by atoms with Gasteiger partial charge < -0.3 is 16.0 Å². The standard InChI is InChI=1S/C18H16F2N6O/c19-12-4-3-5-13(20)17(12)18(27)23-9-8-22-15-10-16(25-11-24-15)26-14-6-1-2-7-21-14/h1-7,10-11H,8-9H2,(H,23,27)(H2,21,22,24,25,26). The Bertz CT molecular complexity index is 902. The molecule has 2 heterocycles. The van der Waals surface area contributed by atoms with Gasteiger partial charge in [0.25, 0.3) is 5.91 Å². The third-order valence-corrected chi connectivity index (χ3v) is 3.49. The molecule has 0 fully saturated rings. The molecule has 1 amide bonds. The molecule has 2 aromatic heterocycles. The van der Waals surface area contributed by atoms with Gasteiger partial charge in [0.1, 0.15) is 41.0 Å². The van der Waals surface area contributed by atoms with Gasteiger partial charge in [-0.25, -0.2) is 23.7 Å². The van der Waals surface area contributed by atoms with Crippen LogP contribution >= 0.6 is 0 Å². The van der Waals surface area contributed by atoms with Gasteiger partial charge in [0.15, 0.2) is 0 Å². The summed E-state index contributed by atoms with van der Waals surface area (Å²) in [4.78, 5) is 24.2. The third kappa shape index (κ3) is 4.94. The van der Waals surface area contributed by atoms with Gasteiger partial charge >= 0.3 is 0 Å². The van der Waals surface area contributed by atoms with Crippen molar-refractivity contribution in [2.45, 2.75) is 0 Å². The summed E-state index contributed by atoms with van der Waals surface area (Å²) >= 11 is 0. The second-order valence-corrected chi connectivity index (χ2v) is 5.41. The topological polar surface area (TPSA) is 91.8 Å². The largest absolute Gasteiger partial charge is 0.368 e. The fraction of sp³-hybridized carbons (Fsp3) is 0.111. The highest BCUT2D eigenvalue weighted by atomic mass is 19.1. The molecular formula is C18H16F2N6O. The summed E-state index contributed by atoms with van der Waals surface area (Å²) in [5.74, 6) is -0.907. The zero-order valence-corrected chi connectivity index (χ0v) is 14.1. The molecule has 0 aliphatic heterocycles. The molecule has 0 saturated carbocycles. The molecular weight excluding hydrogens is 354 g/mol. The van der Waals surface area contributed by atoms with E-state index in [1.54, 1.807) is 24.4 Å². The molecule has 0 saturated heterocycles. The first-order valence-electron chi connectivity index (χ1n) is 8.09. The van der Waals surface area contributed by atoms with Gasteiger partial charge in [-0.3, -0.25) is 4.79 Å². The van der Waals surface area contributed by atoms with Gasteiger partial charge in [-0.05, 0) is 24.3 Å². The van der Waals surface area contributed by atoms with E-state index in [4.69, 9.17) is 0 Å². The van der Waals surface area contributed by atoms with E-state index in [2.05, 4.69) is 30.9 Å². The third-order valence-electron chi connectivity index (χ3n) is 3.49. The number of hydrogen-bond acceptors (Lipinski definition) is 6. The normalized spacial score (nSPS) is 10.3. The predicted molar refractivity (Wildman–Crippen MR) is 96.7 cm³/mol. The molecule has 0 atom stereocenters. The molecule has 1 aromatic carbocycles. The van der Waals surface area contributed by atoms with Gasteiger partial charge in [-0.1, -0.05) is 12.1 Å². The number of nitrogens with zero attached hydrogens (tertiary/aromatic N) is 3. The van der Waals surface area contributed by atoms with Crippen molar-refractivity contribution in [1.29, 1.82) is 0 Å². The van der Waals surface area contributed by atoms with Crippen molar-refractivity contribution in [2.24, 2.45) is 0 Å². The van der Waals surface area contributed by atoms with Crippen molar-refractivity contribution in [2.75, 3.05) is 23.7 Å². The summed E-state index contributed by atoms with van der Waals surface area (Å²) in [6, 6.07) is 10.4. The van der Waals surface area contributed by atoms with Crippen LogP contribution in [-0.2, 0) is 0 Å². The van der Waals surface area contributed by atoms with Crippen molar-refractivity contribution in [1.82, 2.24) is 20.3 Å². The van der Waals surface area contributed by atoms with E-state index in [9.17, 15) is 13.6 Å². The Balaban J connectivity index is 1.51. The lowest BCUT2D eigenvalue weighted by Crippen LogP contribution is -2.30. The number of carbonyl (C=O) groups excluding carboxylic acids is 1. The van der Waals surface area contributed by atoms with Crippen LogP contribution < -0.4 is 16.0 Å². The van der Waals surface area contributed by atoms with Crippen molar-refractivity contribution in [3.8, 4) is 0 Å². The average molecular weight is 370 g/mol. The maximum Gasteiger partial charge on any atom is 0.257 e. The molecule has 0 aliphatic rings. The monoisotopic (exact) mass is 370 g/mol. The Morgan fingerprint density at radius 1 is 0.889 bits per heavy atom. The van der Waals surface area contributed by atoms with Crippen LogP contribution in [0.1, 0.15) is 10.4 Å². The molecule has 3 rings (SSSR count). The quantitative estimate of drug-likeness (QED) is 0.554. The summed E-state index contributed by atoms with van der Waals surface area (Å²) in [5, 5.41) is 8.48. The van der Waals surface area contributed by atoms with E-state index in [0.717, 1.165) is 12.1 Å². The molecule has 0 aliphatic carbocycles. The van der Waals surface area contributed by atoms with E-state index in [-0.39, 0.29) is 6.54 Å². The van der Waals surface area contributed by atoms with Crippen LogP contribution in [-0.4, -0.2) is 33.9 Å². The zero-order chi connectivity index (χ0) is 19.1. The minimum atomic E-state index is -0.901. The highest BCUT2D eigenvalue weighted by Crippen LogP contribution is 2.14. The van der Waals surface area contributed by atoms with E-state index >= 15 is 0 Å². The highest BCUT2D eigenvalue weighted by Gasteiger charge is 2.16. The number of halogens is 2. The van der Waals surface area contributed by atoms with Crippen LogP contribution in [0, 0.1) is 11.6 Å². The lowest BCUT2D eigenvalue weighted by Gasteiger charge is -2.09. The maximum absolute atomic E-state index is 13.6. The predicted octanol–water partition coefficient (Wildman–Crippen LogP) is 2.74. The Morgan fingerprint density at radius 2 is 1.67 bits per heavy atom. The summed E-state index contributed by atoms with van der Waals surface area (Å²) < 4.78 is 27.1. The van der Waals surface area contributed by atoms with E-state index in [1.807, 2.05) is 6.07 Å². The van der Waals surface area contributed by atoms with E-state index in [0.29, 0.717) is 24.0 Å². The molecule has 27 heavy (non-hydrogen) atoms. The number of carbonyl (C=O) groups is 1. The molecule has 7 nitrogen and oxygen atoms in total. The van der Waals surface area contributed by atoms with Crippen LogP contribution in [0.25, 0.3) is 0 Å². The molecule has 0 radical (unpaired) electrons. The van der Waals surface area contributed by atoms with Crippen molar-refractivity contribution in [3.63, 3.8) is 0 Å². The average Bonchev–Trinajstić information content (AvgIpc) is 2.66. The minimum Gasteiger partial charge on any atom is -0.368 e. The molecule has 9 heteroatoms. The van der Waals surface area contributed by atoms with Gasteiger partial charge in [0.05, 0.1) is 0 Å². The Kier molecular flexibility index (Phi) is 5.83. The molecule has 3 aromatic rings. The van der Waals surface area contributed by atoms with Gasteiger partial charge in [-0.2, -0.15) is 0 Å². The number of anilines is 3. The minimum absolute atomic E-state index is 0.152. The summed E-state index contributed by atoms with van der Waals surface area (Å²) in [7, 11) is 0. The SMILES string of the molecule is O=C(NCCNc1cc(Nc2ccccn2)ncn1)c1c(F)cccc1F. The molecule has 3 N–H and O–H groups in total. The zero-order valence-electron chi connectivity index (χ0n) is 14.1. The first-order chi connectivity index (χ1) is 13.1. The second-order valence-electron chi connectivity index (χ2n) is 5.41. The fourth-order valence-electron chi connectivity index (χ4n) is 2.26. The molecule has 138 valence electrons. The molecule has 0 spiro atoms. The number of rotatable bonds is 7. The number of pyridine rings is 1. The fourth-order valence-corrected chi connectivity index (χ4v) is 2.26. The number of aromatic nitrogens is 3. The van der Waals surface area contributed by atoms with Crippen molar-refractivity contribution >= 4 is 23.4 Å². The van der Waals surface area contributed by atoms with Crippen molar-refractivity contribution < 1.29 is 13.6 Å². The first kappa shape index (κ1) is 18.2. The Morgan fingerprint density at radius 3 is 2.41 bits per heavy atom. The smallest absolute Gasteiger partial charge is 0.257 e. The Hall–Kier alpha value is -3.62. The Labute approximate surface area is 153 Å². The van der Waals surface area contributed by atoms with Gasteiger partial charge in [0, 0.05) is 25.4 Å². The van der Waals surface area contributed by atoms with Crippen LogP contribution in [0.4, 0.5) is 26.2 Å². The van der Waals surface area contributed by atoms with Crippen LogP contribution in [0.2, 0.25) is 0 Å². The summed E-state index contributed by atoms with van der Waals surface area (Å²) in [5.41, 5.74) is -0.596. The first-order valence-corrected chi connectivity index (χ1v) is 8.09. The lowest BCUT2D eigenvalue weighted by atomic mass is 10.2.